The molecule has 2 aromatic rings. The van der Waals surface area contributed by atoms with Crippen LogP contribution in [-0.2, 0) is 19.1 Å². The number of esters is 1. The Bertz CT molecular complexity index is 1020. The summed E-state index contributed by atoms with van der Waals surface area (Å²) in [7, 11) is 0. The van der Waals surface area contributed by atoms with Crippen molar-refractivity contribution in [2.75, 3.05) is 17.7 Å². The van der Waals surface area contributed by atoms with E-state index in [-0.39, 0.29) is 10.8 Å². The number of nitrogens with zero attached hydrogens (tertiary/aromatic N) is 1. The van der Waals surface area contributed by atoms with Crippen molar-refractivity contribution in [2.24, 2.45) is 0 Å². The fraction of sp³-hybridized carbons (Fsp3) is 0.318. The highest BCUT2D eigenvalue weighted by Gasteiger charge is 2.53. The zero-order valence-electron chi connectivity index (χ0n) is 16.8. The Morgan fingerprint density at radius 2 is 2.03 bits per heavy atom. The first kappa shape index (κ1) is 21.5. The summed E-state index contributed by atoms with van der Waals surface area (Å²) in [5.74, 6) is 0.305. The molecule has 0 spiro atoms. The summed E-state index contributed by atoms with van der Waals surface area (Å²) < 4.78 is 11.0. The van der Waals surface area contributed by atoms with Gasteiger partial charge in [0.25, 0.3) is 5.91 Å². The Morgan fingerprint density at radius 3 is 2.81 bits per heavy atom. The molecule has 1 N–H and O–H groups in total. The topological polar surface area (TPSA) is 84.9 Å². The molecule has 9 heteroatoms. The number of halogens is 1. The second-order valence-electron chi connectivity index (χ2n) is 7.48. The molecule has 7 nitrogen and oxygen atoms in total. The molecular weight excluding hydrogens is 440 g/mol. The van der Waals surface area contributed by atoms with E-state index < -0.39 is 24.5 Å². The van der Waals surface area contributed by atoms with E-state index in [1.807, 2.05) is 25.1 Å². The van der Waals surface area contributed by atoms with Gasteiger partial charge in [0.05, 0.1) is 10.6 Å². The van der Waals surface area contributed by atoms with Crippen molar-refractivity contribution in [3.05, 3.63) is 53.6 Å². The summed E-state index contributed by atoms with van der Waals surface area (Å²) in [5, 5.41) is 3.09. The van der Waals surface area contributed by atoms with Crippen LogP contribution in [0.25, 0.3) is 0 Å². The number of para-hydroxylation sites is 1. The molecule has 2 saturated heterocycles. The van der Waals surface area contributed by atoms with Crippen LogP contribution in [0.5, 0.6) is 11.5 Å². The molecule has 0 aliphatic carbocycles. The fourth-order valence-corrected chi connectivity index (χ4v) is 5.31. The number of nitrogens with one attached hydrogen (secondary N) is 1. The van der Waals surface area contributed by atoms with Gasteiger partial charge in [0.15, 0.2) is 12.4 Å². The van der Waals surface area contributed by atoms with Crippen LogP contribution in [0, 0.1) is 0 Å². The number of amides is 2. The third kappa shape index (κ3) is 4.65. The zero-order valence-corrected chi connectivity index (χ0v) is 18.4. The molecule has 0 saturated carbocycles. The van der Waals surface area contributed by atoms with Crippen LogP contribution in [0.4, 0.5) is 5.69 Å². The molecule has 2 fully saturated rings. The van der Waals surface area contributed by atoms with Gasteiger partial charge in [-0.2, -0.15) is 0 Å². The molecule has 4 rings (SSSR count). The number of rotatable bonds is 6. The van der Waals surface area contributed by atoms with Crippen LogP contribution in [0.1, 0.15) is 19.8 Å². The largest absolute Gasteiger partial charge is 0.455 e. The molecule has 162 valence electrons. The van der Waals surface area contributed by atoms with Gasteiger partial charge in [-0.1, -0.05) is 29.8 Å². The molecule has 2 heterocycles. The van der Waals surface area contributed by atoms with E-state index >= 15 is 0 Å². The summed E-state index contributed by atoms with van der Waals surface area (Å²) in [6, 6.07) is 13.3. The first-order chi connectivity index (χ1) is 14.9. The van der Waals surface area contributed by atoms with Crippen molar-refractivity contribution in [2.45, 2.75) is 30.7 Å². The van der Waals surface area contributed by atoms with Gasteiger partial charge in [-0.3, -0.25) is 9.59 Å². The maximum absolute atomic E-state index is 12.5. The van der Waals surface area contributed by atoms with Gasteiger partial charge in [-0.05, 0) is 43.7 Å². The zero-order chi connectivity index (χ0) is 22.0. The molecule has 2 aromatic carbocycles. The lowest BCUT2D eigenvalue weighted by molar-refractivity contribution is -0.155. The average Bonchev–Trinajstić information content (AvgIpc) is 3.25. The van der Waals surface area contributed by atoms with E-state index in [9.17, 15) is 14.4 Å². The van der Waals surface area contributed by atoms with Crippen LogP contribution in [0.3, 0.4) is 0 Å². The first-order valence-corrected chi connectivity index (χ1v) is 11.2. The monoisotopic (exact) mass is 460 g/mol. The second-order valence-corrected chi connectivity index (χ2v) is 9.41. The van der Waals surface area contributed by atoms with Gasteiger partial charge in [0.1, 0.15) is 11.8 Å². The maximum Gasteiger partial charge on any atom is 0.330 e. The fourth-order valence-electron chi connectivity index (χ4n) is 3.72. The lowest BCUT2D eigenvalue weighted by Gasteiger charge is -2.29. The smallest absolute Gasteiger partial charge is 0.330 e. The number of hydrogen-bond donors (Lipinski definition) is 1. The normalized spacial score (nSPS) is 22.2. The number of carbonyl (C=O) groups is 3. The van der Waals surface area contributed by atoms with E-state index in [0.717, 1.165) is 0 Å². The Kier molecular flexibility index (Phi) is 6.11. The lowest BCUT2D eigenvalue weighted by atomic mass is 10.2. The number of fused-ring (bicyclic) bond motifs is 1. The summed E-state index contributed by atoms with van der Waals surface area (Å²) in [6.45, 7) is 1.48. The Morgan fingerprint density at radius 1 is 1.26 bits per heavy atom. The first-order valence-electron chi connectivity index (χ1n) is 9.81. The highest BCUT2D eigenvalue weighted by Crippen LogP contribution is 2.47. The highest BCUT2D eigenvalue weighted by molar-refractivity contribution is 8.01. The van der Waals surface area contributed by atoms with E-state index in [1.165, 1.54) is 0 Å². The third-order valence-corrected chi connectivity index (χ3v) is 6.99. The minimum Gasteiger partial charge on any atom is -0.455 e. The van der Waals surface area contributed by atoms with E-state index in [0.29, 0.717) is 40.8 Å². The van der Waals surface area contributed by atoms with Crippen LogP contribution < -0.4 is 10.1 Å². The van der Waals surface area contributed by atoms with Crippen LogP contribution in [0.15, 0.2) is 48.5 Å². The minimum absolute atomic E-state index is 0.0551. The minimum atomic E-state index is -0.666. The molecule has 0 bridgehead atoms. The van der Waals surface area contributed by atoms with Crippen molar-refractivity contribution < 1.29 is 23.9 Å². The Labute approximate surface area is 189 Å². The van der Waals surface area contributed by atoms with Crippen molar-refractivity contribution >= 4 is 46.8 Å². The number of hydrogen-bond acceptors (Lipinski definition) is 6. The number of thioether (sulfide) groups is 1. The van der Waals surface area contributed by atoms with Crippen molar-refractivity contribution in [1.29, 1.82) is 0 Å². The Balaban J connectivity index is 1.37. The van der Waals surface area contributed by atoms with Crippen LogP contribution >= 0.6 is 23.4 Å². The molecule has 2 amide bonds. The molecule has 2 atom stereocenters. The van der Waals surface area contributed by atoms with Gasteiger partial charge in [-0.15, -0.1) is 11.8 Å². The maximum atomic E-state index is 12.5. The van der Waals surface area contributed by atoms with E-state index in [2.05, 4.69) is 5.32 Å². The van der Waals surface area contributed by atoms with Crippen LogP contribution in [0.2, 0.25) is 5.02 Å². The van der Waals surface area contributed by atoms with Crippen molar-refractivity contribution in [3.8, 4) is 11.5 Å². The molecular formula is C22H21ClN2O5S. The SMILES string of the molecule is C[C@]12CCC(=O)N1[C@H](C(=O)OCC(=O)Nc1cc(Cl)ccc1Oc1ccccc1)CS2. The molecule has 2 aliphatic rings. The van der Waals surface area contributed by atoms with E-state index in [1.54, 1.807) is 47.0 Å². The molecule has 31 heavy (non-hydrogen) atoms. The molecule has 0 unspecified atom stereocenters. The third-order valence-electron chi connectivity index (χ3n) is 5.25. The lowest BCUT2D eigenvalue weighted by Crippen LogP contribution is -2.47. The number of anilines is 1. The van der Waals surface area contributed by atoms with Gasteiger partial charge in [0.2, 0.25) is 5.91 Å². The Hall–Kier alpha value is -2.71. The standard InChI is InChI=1S/C22H21ClN2O5S/c1-22-10-9-20(27)25(22)17(13-31-22)21(28)29-12-19(26)24-16-11-14(23)7-8-18(16)30-15-5-3-2-4-6-15/h2-8,11,17H,9-10,12-13H2,1H3,(H,24,26)/t17-,22-/m0/s1. The number of ether oxygens (including phenoxy) is 2. The predicted molar refractivity (Wildman–Crippen MR) is 118 cm³/mol. The van der Waals surface area contributed by atoms with Gasteiger partial charge >= 0.3 is 5.97 Å². The van der Waals surface area contributed by atoms with E-state index in [4.69, 9.17) is 21.1 Å². The number of carbonyl (C=O) groups excluding carboxylic acids is 3. The van der Waals surface area contributed by atoms with Crippen molar-refractivity contribution in [3.63, 3.8) is 0 Å². The molecule has 0 aromatic heterocycles. The summed E-state index contributed by atoms with van der Waals surface area (Å²) in [5.41, 5.74) is 0.358. The summed E-state index contributed by atoms with van der Waals surface area (Å²) in [4.78, 5) is 38.4. The summed E-state index contributed by atoms with van der Waals surface area (Å²) in [6.07, 6.45) is 1.13. The quantitative estimate of drug-likeness (QED) is 0.654. The van der Waals surface area contributed by atoms with Gasteiger partial charge in [0, 0.05) is 17.2 Å². The number of benzene rings is 2. The summed E-state index contributed by atoms with van der Waals surface area (Å²) >= 11 is 7.63. The second kappa shape index (κ2) is 8.80. The average molecular weight is 461 g/mol. The highest BCUT2D eigenvalue weighted by atomic mass is 35.5. The van der Waals surface area contributed by atoms with Gasteiger partial charge in [-0.25, -0.2) is 4.79 Å². The van der Waals surface area contributed by atoms with Crippen LogP contribution in [-0.4, -0.2) is 46.0 Å². The predicted octanol–water partition coefficient (Wildman–Crippen LogP) is 4.07. The van der Waals surface area contributed by atoms with Crippen molar-refractivity contribution in [1.82, 2.24) is 4.90 Å². The molecule has 0 radical (unpaired) electrons. The molecule has 2 aliphatic heterocycles. The van der Waals surface area contributed by atoms with Gasteiger partial charge < -0.3 is 19.7 Å².